The summed E-state index contributed by atoms with van der Waals surface area (Å²) in [4.78, 5) is 2.59. The Labute approximate surface area is 412 Å². The van der Waals surface area contributed by atoms with Crippen LogP contribution in [0.5, 0.6) is 0 Å². The third kappa shape index (κ3) is 6.10. The van der Waals surface area contributed by atoms with Crippen molar-refractivity contribution < 1.29 is 0 Å². The minimum atomic E-state index is -0.135. The molecular formula is C69H55N. The summed E-state index contributed by atoms with van der Waals surface area (Å²) in [5.74, 6) is 0. The number of anilines is 3. The van der Waals surface area contributed by atoms with Gasteiger partial charge in [0.25, 0.3) is 0 Å². The zero-order valence-electron chi connectivity index (χ0n) is 40.1. The lowest BCUT2D eigenvalue weighted by Gasteiger charge is -2.36. The largest absolute Gasteiger partial charge is 0.310 e. The Morgan fingerprint density at radius 2 is 0.957 bits per heavy atom. The lowest BCUT2D eigenvalue weighted by molar-refractivity contribution is 0.353. The topological polar surface area (TPSA) is 3.24 Å². The second-order valence-corrected chi connectivity index (χ2v) is 20.9. The van der Waals surface area contributed by atoms with E-state index in [0.29, 0.717) is 0 Å². The van der Waals surface area contributed by atoms with Crippen LogP contribution in [-0.4, -0.2) is 0 Å². The molecule has 14 rings (SSSR count). The van der Waals surface area contributed by atoms with Crippen molar-refractivity contribution >= 4 is 55.0 Å². The van der Waals surface area contributed by atoms with Gasteiger partial charge in [0.2, 0.25) is 0 Å². The molecule has 1 nitrogen and oxygen atoms in total. The van der Waals surface area contributed by atoms with Crippen molar-refractivity contribution in [1.29, 1.82) is 0 Å². The predicted octanol–water partition coefficient (Wildman–Crippen LogP) is 19.2. The maximum Gasteiger partial charge on any atom is 0.0468 e. The van der Waals surface area contributed by atoms with Gasteiger partial charge in [0, 0.05) is 27.9 Å². The molecule has 0 amide bonds. The van der Waals surface area contributed by atoms with E-state index >= 15 is 0 Å². The molecule has 1 heteroatoms. The van der Waals surface area contributed by atoms with E-state index in [4.69, 9.17) is 0 Å². The Morgan fingerprint density at radius 3 is 1.67 bits per heavy atom. The summed E-state index contributed by atoms with van der Waals surface area (Å²) in [7, 11) is 0. The first-order valence-corrected chi connectivity index (χ1v) is 25.7. The summed E-state index contributed by atoms with van der Waals surface area (Å²) in [6.07, 6.45) is 15.2. The summed E-state index contributed by atoms with van der Waals surface area (Å²) < 4.78 is 0. The van der Waals surface area contributed by atoms with Crippen molar-refractivity contribution in [1.82, 2.24) is 0 Å². The SMILES string of the molecule is CC1(C)c2ccccc2-c2ccc(N(c3ccc4c(c3)C3(CCCCC3)c3ccccc3-4)c3ccc4c(c3)c3ccccc3c3c(-c5ccccc5)cc(-c5ccccc5)c(C5=CC=CCC5)c43)cc21. The quantitative estimate of drug-likeness (QED) is 0.150. The summed E-state index contributed by atoms with van der Waals surface area (Å²) in [6.45, 7) is 4.81. The van der Waals surface area contributed by atoms with Gasteiger partial charge >= 0.3 is 0 Å². The van der Waals surface area contributed by atoms with Gasteiger partial charge in [-0.05, 0) is 178 Å². The first kappa shape index (κ1) is 41.3. The van der Waals surface area contributed by atoms with E-state index in [1.165, 1.54) is 159 Å². The molecule has 0 bridgehead atoms. The molecule has 0 saturated heterocycles. The predicted molar refractivity (Wildman–Crippen MR) is 298 cm³/mol. The minimum Gasteiger partial charge on any atom is -0.310 e. The molecule has 4 aliphatic carbocycles. The molecule has 70 heavy (non-hydrogen) atoms. The van der Waals surface area contributed by atoms with Crippen molar-refractivity contribution in [3.8, 4) is 44.5 Å². The van der Waals surface area contributed by atoms with Gasteiger partial charge < -0.3 is 4.90 Å². The fourth-order valence-electron chi connectivity index (χ4n) is 13.7. The van der Waals surface area contributed by atoms with Crippen LogP contribution in [0.3, 0.4) is 0 Å². The standard InChI is InChI=1S/C69H55N/c1-68(2)61-31-17-15-28-52(61)54-36-33-49(42-63(54)68)70(50-34-37-55-53-29-16-18-32-62(53)69(64(55)43-50)39-19-6-20-40-69)48-35-38-57-60(41-48)51-27-13-14-30-56(51)66-59(46-23-9-4-10-24-46)44-58(45-21-7-3-8-22-45)65(67(57)66)47-25-11-5-12-26-47/h3-5,7-11,13-18,21-25,27-38,41-44H,6,12,19-20,26,39-40H2,1-2H3. The monoisotopic (exact) mass is 897 g/mol. The fourth-order valence-corrected chi connectivity index (χ4v) is 13.7. The molecule has 10 aromatic rings. The van der Waals surface area contributed by atoms with Crippen LogP contribution in [0, 0.1) is 0 Å². The third-order valence-electron chi connectivity index (χ3n) is 16.9. The molecule has 1 fully saturated rings. The maximum absolute atomic E-state index is 2.59. The normalized spacial score (nSPS) is 16.0. The maximum atomic E-state index is 2.59. The smallest absolute Gasteiger partial charge is 0.0468 e. The van der Waals surface area contributed by atoms with Gasteiger partial charge in [-0.1, -0.05) is 203 Å². The van der Waals surface area contributed by atoms with Crippen molar-refractivity contribution in [3.05, 3.63) is 240 Å². The molecule has 4 aliphatic rings. The fraction of sp³-hybridized carbons (Fsp3) is 0.159. The van der Waals surface area contributed by atoms with Crippen LogP contribution in [-0.2, 0) is 10.8 Å². The van der Waals surface area contributed by atoms with Gasteiger partial charge in [0.15, 0.2) is 0 Å². The molecule has 0 radical (unpaired) electrons. The van der Waals surface area contributed by atoms with Gasteiger partial charge in [-0.3, -0.25) is 0 Å². The van der Waals surface area contributed by atoms with E-state index in [0.717, 1.165) is 12.8 Å². The number of rotatable bonds is 6. The zero-order chi connectivity index (χ0) is 46.6. The minimum absolute atomic E-state index is 0.0399. The Bertz CT molecular complexity index is 3820. The van der Waals surface area contributed by atoms with Crippen molar-refractivity contribution in [2.24, 2.45) is 0 Å². The molecule has 0 heterocycles. The Balaban J connectivity index is 1.07. The van der Waals surface area contributed by atoms with E-state index in [-0.39, 0.29) is 10.8 Å². The number of fused-ring (bicyclic) bond motifs is 14. The van der Waals surface area contributed by atoms with E-state index in [1.54, 1.807) is 0 Å². The Kier molecular flexibility index (Phi) is 9.37. The summed E-state index contributed by atoms with van der Waals surface area (Å²) >= 11 is 0. The van der Waals surface area contributed by atoms with Crippen LogP contribution < -0.4 is 4.90 Å². The van der Waals surface area contributed by atoms with Gasteiger partial charge in [0.1, 0.15) is 0 Å². The van der Waals surface area contributed by atoms with Gasteiger partial charge in [-0.15, -0.1) is 0 Å². The van der Waals surface area contributed by atoms with Crippen LogP contribution in [0.4, 0.5) is 17.1 Å². The number of hydrogen-bond acceptors (Lipinski definition) is 1. The summed E-state index contributed by atoms with van der Waals surface area (Å²) in [6, 6.07) is 74.4. The number of allylic oxidation sites excluding steroid dienone is 4. The van der Waals surface area contributed by atoms with Crippen molar-refractivity contribution in [3.63, 3.8) is 0 Å². The molecule has 0 aromatic heterocycles. The van der Waals surface area contributed by atoms with Crippen LogP contribution >= 0.6 is 0 Å². The number of nitrogens with zero attached hydrogens (tertiary/aromatic N) is 1. The van der Waals surface area contributed by atoms with Crippen molar-refractivity contribution in [2.75, 3.05) is 4.90 Å². The highest BCUT2D eigenvalue weighted by atomic mass is 15.1. The molecule has 0 unspecified atom stereocenters. The van der Waals surface area contributed by atoms with E-state index in [9.17, 15) is 0 Å². The zero-order valence-corrected chi connectivity index (χ0v) is 40.1. The van der Waals surface area contributed by atoms with Gasteiger partial charge in [-0.25, -0.2) is 0 Å². The molecule has 336 valence electrons. The van der Waals surface area contributed by atoms with E-state index < -0.39 is 0 Å². The molecule has 0 N–H and O–H groups in total. The lowest BCUT2D eigenvalue weighted by Crippen LogP contribution is -2.28. The average Bonchev–Trinajstić information content (AvgIpc) is 3.82. The summed E-state index contributed by atoms with van der Waals surface area (Å²) in [5.41, 5.74) is 22.6. The molecule has 0 aliphatic heterocycles. The highest BCUT2D eigenvalue weighted by Gasteiger charge is 2.44. The highest BCUT2D eigenvalue weighted by molar-refractivity contribution is 6.32. The summed E-state index contributed by atoms with van der Waals surface area (Å²) in [5, 5.41) is 7.77. The van der Waals surface area contributed by atoms with Gasteiger partial charge in [0.05, 0.1) is 0 Å². The second kappa shape index (κ2) is 15.9. The third-order valence-corrected chi connectivity index (χ3v) is 16.9. The number of hydrogen-bond donors (Lipinski definition) is 0. The second-order valence-electron chi connectivity index (χ2n) is 20.9. The molecule has 10 aromatic carbocycles. The first-order valence-electron chi connectivity index (χ1n) is 25.7. The van der Waals surface area contributed by atoms with E-state index in [2.05, 4.69) is 231 Å². The van der Waals surface area contributed by atoms with Crippen molar-refractivity contribution in [2.45, 2.75) is 69.6 Å². The molecule has 1 saturated carbocycles. The molecular weight excluding hydrogens is 843 g/mol. The van der Waals surface area contributed by atoms with Crippen LogP contribution in [0.2, 0.25) is 0 Å². The average molecular weight is 898 g/mol. The number of benzene rings is 10. The highest BCUT2D eigenvalue weighted by Crippen LogP contribution is 2.58. The molecule has 0 atom stereocenters. The van der Waals surface area contributed by atoms with Crippen LogP contribution in [0.1, 0.15) is 86.6 Å². The lowest BCUT2D eigenvalue weighted by atomic mass is 9.68. The Hall–Kier alpha value is -7.74. The van der Waals surface area contributed by atoms with Gasteiger partial charge in [-0.2, -0.15) is 0 Å². The Morgan fingerprint density at radius 1 is 0.400 bits per heavy atom. The van der Waals surface area contributed by atoms with Crippen LogP contribution in [0.15, 0.2) is 212 Å². The van der Waals surface area contributed by atoms with E-state index in [1.807, 2.05) is 0 Å². The molecule has 1 spiro atoms. The van der Waals surface area contributed by atoms with Crippen LogP contribution in [0.25, 0.3) is 82.4 Å². The first-order chi connectivity index (χ1) is 34.5.